The molecule has 3 aliphatic rings. The second-order valence-corrected chi connectivity index (χ2v) is 24.5. The first-order valence-corrected chi connectivity index (χ1v) is 26.6. The number of carboxylic acid groups (broad SMARTS) is 1. The van der Waals surface area contributed by atoms with E-state index in [0.717, 1.165) is 23.4 Å². The van der Waals surface area contributed by atoms with Crippen molar-refractivity contribution >= 4 is 73.5 Å². The number of hydrogen-bond acceptors (Lipinski definition) is 13. The lowest BCUT2D eigenvalue weighted by molar-refractivity contribution is -0.137. The third-order valence-corrected chi connectivity index (χ3v) is 17.1. The van der Waals surface area contributed by atoms with Crippen LogP contribution in [0.4, 0.5) is 5.69 Å². The summed E-state index contributed by atoms with van der Waals surface area (Å²) < 4.78 is 172. The predicted octanol–water partition coefficient (Wildman–Crippen LogP) is 1.04. The van der Waals surface area contributed by atoms with Gasteiger partial charge in [-0.25, -0.2) is 4.58 Å². The zero-order valence-electron chi connectivity index (χ0n) is 34.2. The number of carboxylic acids is 1. The molecule has 2 heterocycles. The maximum Gasteiger partial charge on any atom is 0.303 e. The van der Waals surface area contributed by atoms with Crippen LogP contribution in [0.3, 0.4) is 0 Å². The average molecular weight is 977 g/mol. The number of nitrogens with one attached hydrogen (secondary N) is 1. The van der Waals surface area contributed by atoms with Crippen molar-refractivity contribution in [2.75, 3.05) is 30.3 Å². The highest BCUT2D eigenvalue weighted by molar-refractivity contribution is 8.04. The molecule has 2 aliphatic heterocycles. The van der Waals surface area contributed by atoms with Gasteiger partial charge in [0.05, 0.1) is 17.0 Å². The Morgan fingerprint density at radius 3 is 2.05 bits per heavy atom. The molecule has 6 rings (SSSR count). The Balaban J connectivity index is 1.72. The monoisotopic (exact) mass is 976 g/mol. The van der Waals surface area contributed by atoms with E-state index in [1.54, 1.807) is 24.5 Å². The molecule has 25 heteroatoms. The van der Waals surface area contributed by atoms with E-state index in [1.807, 2.05) is 30.9 Å². The van der Waals surface area contributed by atoms with Crippen LogP contribution in [-0.4, -0.2) is 111 Å². The van der Waals surface area contributed by atoms with E-state index in [9.17, 15) is 74.8 Å². The average Bonchev–Trinajstić information content (AvgIpc) is 3.11. The minimum absolute atomic E-state index is 0.0485. The first kappa shape index (κ1) is 48.2. The van der Waals surface area contributed by atoms with Crippen molar-refractivity contribution in [3.8, 4) is 0 Å². The Hall–Kier alpha value is -4.31. The highest BCUT2D eigenvalue weighted by Crippen LogP contribution is 2.42. The highest BCUT2D eigenvalue weighted by Gasteiger charge is 2.42. The van der Waals surface area contributed by atoms with Gasteiger partial charge in [-0.2, -0.15) is 42.1 Å². The van der Waals surface area contributed by atoms with E-state index in [-0.39, 0.29) is 39.4 Å². The summed E-state index contributed by atoms with van der Waals surface area (Å²) in [6.07, 6.45) is 2.97. The highest BCUT2D eigenvalue weighted by atomic mass is 32.3. The molecule has 3 aromatic carbocycles. The number of rotatable bonds is 15. The molecule has 0 amide bonds. The molecule has 63 heavy (non-hydrogen) atoms. The van der Waals surface area contributed by atoms with Gasteiger partial charge in [0.2, 0.25) is 9.94 Å². The lowest BCUT2D eigenvalue weighted by Gasteiger charge is -2.39. The standard InChI is InChI=1S/C38H45N3O17S5/c1-37(2)18-24(21-59(44,45)46)26-15-28-30(17-32(26)41(37)20-23-9-10-25(60(47,48)49)14-33(23)61(50,51)52)38(3,4)29-16-31-22(7-5-11-40(31)12-6-8-34(42)43)13-27(29)36(28)39-19-35(62(53,54)55)63(56,57)58/h9-10,13-18,35H,5-8,11-12,19-21H2,1-4H3,(H6,42,43,44,45,46,47,48,49,50,51,52,53,54,55,56,57,58)/p+1. The lowest BCUT2D eigenvalue weighted by atomic mass is 9.69. The fourth-order valence-corrected chi connectivity index (χ4v) is 12.4. The maximum atomic E-state index is 12.7. The largest absolute Gasteiger partial charge is 0.481 e. The molecule has 0 spiro atoms. The van der Waals surface area contributed by atoms with Gasteiger partial charge >= 0.3 is 5.97 Å². The number of benzene rings is 3. The summed E-state index contributed by atoms with van der Waals surface area (Å²) in [5.74, 6) is -1.90. The summed E-state index contributed by atoms with van der Waals surface area (Å²) in [4.78, 5) is 11.7. The van der Waals surface area contributed by atoms with E-state index >= 15 is 0 Å². The lowest BCUT2D eigenvalue weighted by Crippen LogP contribution is -2.51. The summed E-state index contributed by atoms with van der Waals surface area (Å²) in [6, 6.07) is 9.42. The first-order chi connectivity index (χ1) is 28.7. The fraction of sp³-hybridized carbons (Fsp3) is 0.421. The van der Waals surface area contributed by atoms with Gasteiger partial charge in [0.25, 0.3) is 50.6 Å². The zero-order valence-corrected chi connectivity index (χ0v) is 38.3. The van der Waals surface area contributed by atoms with Crippen molar-refractivity contribution < 1.29 is 74.8 Å². The third-order valence-electron chi connectivity index (χ3n) is 11.5. The van der Waals surface area contributed by atoms with Crippen molar-refractivity contribution in [1.29, 1.82) is 0 Å². The minimum Gasteiger partial charge on any atom is -0.481 e. The molecule has 7 N–H and O–H groups in total. The van der Waals surface area contributed by atoms with Gasteiger partial charge in [0.1, 0.15) is 10.6 Å². The van der Waals surface area contributed by atoms with Gasteiger partial charge in [-0.05, 0) is 84.0 Å². The van der Waals surface area contributed by atoms with Crippen LogP contribution in [0.25, 0.3) is 11.3 Å². The van der Waals surface area contributed by atoms with E-state index in [0.29, 0.717) is 55.1 Å². The molecule has 344 valence electrons. The summed E-state index contributed by atoms with van der Waals surface area (Å²) in [5.41, 5.74) is 0.928. The van der Waals surface area contributed by atoms with E-state index in [2.05, 4.69) is 5.32 Å². The number of hydrogen-bond donors (Lipinski definition) is 7. The second-order valence-electron chi connectivity index (χ2n) is 16.7. The number of anilines is 1. The van der Waals surface area contributed by atoms with Crippen LogP contribution in [0.2, 0.25) is 0 Å². The molecule has 1 aliphatic carbocycles. The van der Waals surface area contributed by atoms with Crippen LogP contribution < -0.4 is 25.4 Å². The Bertz CT molecular complexity index is 3170. The summed E-state index contributed by atoms with van der Waals surface area (Å²) >= 11 is 0. The Morgan fingerprint density at radius 2 is 1.48 bits per heavy atom. The van der Waals surface area contributed by atoms with Crippen LogP contribution in [0.1, 0.15) is 80.3 Å². The van der Waals surface area contributed by atoms with E-state index < -0.39 is 101 Å². The third kappa shape index (κ3) is 10.0. The quantitative estimate of drug-likeness (QED) is 0.0826. The van der Waals surface area contributed by atoms with Crippen LogP contribution >= 0.6 is 0 Å². The van der Waals surface area contributed by atoms with Crippen molar-refractivity contribution in [2.45, 2.75) is 85.2 Å². The molecular weight excluding hydrogens is 931 g/mol. The number of aryl methyl sites for hydroxylation is 1. The topological polar surface area (TPSA) is 327 Å². The SMILES string of the molecule is CC1(C)c2cc3c(cc2C(NCC(S(=O)(=O)O)S(=O)(=O)O)=c2cc4c(cc21)=[N+](Cc1ccc(S(=O)(=O)O)cc1S(=O)(=O)O)C(C)(C)C=C4CS(=O)(=O)O)CCCN3CCCC(=O)O. The van der Waals surface area contributed by atoms with Crippen molar-refractivity contribution in [3.63, 3.8) is 0 Å². The van der Waals surface area contributed by atoms with Crippen LogP contribution in [0.5, 0.6) is 0 Å². The van der Waals surface area contributed by atoms with Crippen LogP contribution in [-0.2, 0) is 73.8 Å². The maximum absolute atomic E-state index is 12.7. The molecule has 0 radical (unpaired) electrons. The molecule has 0 bridgehead atoms. The molecule has 0 atom stereocenters. The Kier molecular flexibility index (Phi) is 12.4. The van der Waals surface area contributed by atoms with Gasteiger partial charge in [-0.1, -0.05) is 13.8 Å². The summed E-state index contributed by atoms with van der Waals surface area (Å²) in [5, 5.41) is 12.6. The molecule has 0 saturated heterocycles. The Morgan fingerprint density at radius 1 is 0.825 bits per heavy atom. The zero-order chi connectivity index (χ0) is 47.0. The van der Waals surface area contributed by atoms with E-state index in [1.165, 1.54) is 12.1 Å². The minimum atomic E-state index is -5.44. The Labute approximate surface area is 364 Å². The molecule has 3 aromatic rings. The number of carbonyl (C=O) groups is 1. The van der Waals surface area contributed by atoms with Crippen molar-refractivity contribution in [1.82, 2.24) is 9.89 Å². The second kappa shape index (κ2) is 16.3. The number of aliphatic carboxylic acids is 1. The molecule has 0 aromatic heterocycles. The first-order valence-electron chi connectivity index (χ1n) is 19.1. The van der Waals surface area contributed by atoms with Crippen LogP contribution in [0, 0.1) is 0 Å². The molecule has 0 fully saturated rings. The predicted molar refractivity (Wildman–Crippen MR) is 229 cm³/mol. The van der Waals surface area contributed by atoms with Crippen LogP contribution in [0.15, 0.2) is 58.3 Å². The van der Waals surface area contributed by atoms with Gasteiger partial charge in [-0.15, -0.1) is 0 Å². The van der Waals surface area contributed by atoms with Gasteiger partial charge < -0.3 is 15.3 Å². The molecule has 20 nitrogen and oxygen atoms in total. The number of nitrogens with zero attached hydrogens (tertiary/aromatic N) is 2. The molecule has 0 unspecified atom stereocenters. The summed E-state index contributed by atoms with van der Waals surface area (Å²) in [6.45, 7) is 6.47. The smallest absolute Gasteiger partial charge is 0.303 e. The van der Waals surface area contributed by atoms with E-state index in [4.69, 9.17) is 0 Å². The van der Waals surface area contributed by atoms with Crippen molar-refractivity contribution in [3.05, 3.63) is 92.5 Å². The van der Waals surface area contributed by atoms with Gasteiger partial charge in [0, 0.05) is 72.6 Å². The molecule has 0 saturated carbocycles. The normalized spacial score (nSPS) is 17.4. The van der Waals surface area contributed by atoms with Crippen molar-refractivity contribution in [2.24, 2.45) is 0 Å². The van der Waals surface area contributed by atoms with Gasteiger partial charge in [0.15, 0.2) is 12.1 Å². The molecular formula is C38H46N3O17S5+. The summed E-state index contributed by atoms with van der Waals surface area (Å²) in [7, 11) is -25.7. The fourth-order valence-electron chi connectivity index (χ4n) is 8.64. The number of fused-ring (bicyclic) bond motifs is 4. The van der Waals surface area contributed by atoms with Gasteiger partial charge in [-0.3, -0.25) is 27.6 Å².